The van der Waals surface area contributed by atoms with E-state index in [1.165, 1.54) is 42.5 Å². The van der Waals surface area contributed by atoms with E-state index < -0.39 is 11.7 Å². The monoisotopic (exact) mass is 326 g/mol. The number of aromatic nitrogens is 2. The van der Waals surface area contributed by atoms with Crippen LogP contribution in [0.25, 0.3) is 0 Å². The van der Waals surface area contributed by atoms with Crippen molar-refractivity contribution in [2.24, 2.45) is 0 Å². The standard InChI is InChI=1S/C17H12F2N4O/c18-11-4-3-5-12(10-11)20-16-9-8-15(22-23-16)17(24)21-14-7-2-1-6-13(14)19/h1-10H,(H,20,23)(H,21,24). The van der Waals surface area contributed by atoms with E-state index in [9.17, 15) is 13.6 Å². The summed E-state index contributed by atoms with van der Waals surface area (Å²) in [6.45, 7) is 0. The van der Waals surface area contributed by atoms with Gasteiger partial charge in [-0.3, -0.25) is 4.79 Å². The van der Waals surface area contributed by atoms with Gasteiger partial charge in [0.25, 0.3) is 5.91 Å². The molecular weight excluding hydrogens is 314 g/mol. The Morgan fingerprint density at radius 3 is 2.46 bits per heavy atom. The molecule has 1 heterocycles. The molecule has 0 saturated carbocycles. The fraction of sp³-hybridized carbons (Fsp3) is 0. The molecule has 1 amide bonds. The molecule has 0 aliphatic carbocycles. The van der Waals surface area contributed by atoms with Gasteiger partial charge in [0.15, 0.2) is 11.5 Å². The van der Waals surface area contributed by atoms with Crippen LogP contribution in [0.15, 0.2) is 60.7 Å². The lowest BCUT2D eigenvalue weighted by molar-refractivity contribution is 0.102. The molecule has 0 aliphatic heterocycles. The zero-order valence-electron chi connectivity index (χ0n) is 12.3. The van der Waals surface area contributed by atoms with Gasteiger partial charge in [-0.1, -0.05) is 18.2 Å². The molecule has 120 valence electrons. The van der Waals surface area contributed by atoms with Crippen molar-refractivity contribution in [3.8, 4) is 0 Å². The van der Waals surface area contributed by atoms with Crippen LogP contribution in [0.2, 0.25) is 0 Å². The predicted octanol–water partition coefficient (Wildman–Crippen LogP) is 3.75. The molecule has 1 aromatic heterocycles. The van der Waals surface area contributed by atoms with E-state index in [-0.39, 0.29) is 17.2 Å². The Balaban J connectivity index is 1.70. The summed E-state index contributed by atoms with van der Waals surface area (Å²) < 4.78 is 26.6. The maximum atomic E-state index is 13.5. The number of para-hydroxylation sites is 1. The summed E-state index contributed by atoms with van der Waals surface area (Å²) in [6, 6.07) is 14.6. The smallest absolute Gasteiger partial charge is 0.276 e. The van der Waals surface area contributed by atoms with Crippen LogP contribution in [-0.2, 0) is 0 Å². The average molecular weight is 326 g/mol. The normalized spacial score (nSPS) is 10.2. The number of carbonyl (C=O) groups excluding carboxylic acids is 1. The molecule has 0 atom stereocenters. The molecule has 0 spiro atoms. The van der Waals surface area contributed by atoms with Gasteiger partial charge in [-0.2, -0.15) is 0 Å². The molecule has 0 bridgehead atoms. The zero-order valence-corrected chi connectivity index (χ0v) is 12.3. The predicted molar refractivity (Wildman–Crippen MR) is 86.1 cm³/mol. The number of anilines is 3. The topological polar surface area (TPSA) is 66.9 Å². The zero-order chi connectivity index (χ0) is 16.9. The minimum Gasteiger partial charge on any atom is -0.339 e. The quantitative estimate of drug-likeness (QED) is 0.766. The number of carbonyl (C=O) groups is 1. The van der Waals surface area contributed by atoms with Crippen LogP contribution >= 0.6 is 0 Å². The van der Waals surface area contributed by atoms with Crippen molar-refractivity contribution < 1.29 is 13.6 Å². The first kappa shape index (κ1) is 15.5. The van der Waals surface area contributed by atoms with Gasteiger partial charge in [0, 0.05) is 5.69 Å². The van der Waals surface area contributed by atoms with Crippen LogP contribution in [-0.4, -0.2) is 16.1 Å². The van der Waals surface area contributed by atoms with E-state index in [0.29, 0.717) is 11.5 Å². The highest BCUT2D eigenvalue weighted by molar-refractivity contribution is 6.02. The summed E-state index contributed by atoms with van der Waals surface area (Å²) >= 11 is 0. The Kier molecular flexibility index (Phi) is 4.42. The fourth-order valence-electron chi connectivity index (χ4n) is 1.98. The first-order valence-corrected chi connectivity index (χ1v) is 7.04. The van der Waals surface area contributed by atoms with Crippen molar-refractivity contribution in [2.75, 3.05) is 10.6 Å². The van der Waals surface area contributed by atoms with Crippen LogP contribution in [0, 0.1) is 11.6 Å². The number of halogens is 2. The Morgan fingerprint density at radius 1 is 0.917 bits per heavy atom. The van der Waals surface area contributed by atoms with Crippen LogP contribution in [0.3, 0.4) is 0 Å². The molecule has 0 fully saturated rings. The third-order valence-corrected chi connectivity index (χ3v) is 3.12. The van der Waals surface area contributed by atoms with Gasteiger partial charge in [-0.15, -0.1) is 10.2 Å². The number of nitrogens with one attached hydrogen (secondary N) is 2. The summed E-state index contributed by atoms with van der Waals surface area (Å²) in [7, 11) is 0. The third-order valence-electron chi connectivity index (χ3n) is 3.12. The Bertz CT molecular complexity index is 868. The molecule has 24 heavy (non-hydrogen) atoms. The lowest BCUT2D eigenvalue weighted by Crippen LogP contribution is -2.15. The highest BCUT2D eigenvalue weighted by Gasteiger charge is 2.11. The van der Waals surface area contributed by atoms with Crippen LogP contribution in [0.4, 0.5) is 26.0 Å². The summed E-state index contributed by atoms with van der Waals surface area (Å²) in [5.74, 6) is -1.15. The molecule has 0 aliphatic rings. The first-order valence-electron chi connectivity index (χ1n) is 7.04. The highest BCUT2D eigenvalue weighted by atomic mass is 19.1. The van der Waals surface area contributed by atoms with Gasteiger partial charge in [0.1, 0.15) is 11.6 Å². The number of benzene rings is 2. The largest absolute Gasteiger partial charge is 0.339 e. The van der Waals surface area contributed by atoms with E-state index in [4.69, 9.17) is 0 Å². The number of rotatable bonds is 4. The van der Waals surface area contributed by atoms with Gasteiger partial charge >= 0.3 is 0 Å². The van der Waals surface area contributed by atoms with Crippen molar-refractivity contribution in [3.05, 3.63) is 78.0 Å². The fourth-order valence-corrected chi connectivity index (χ4v) is 1.98. The van der Waals surface area contributed by atoms with Crippen molar-refractivity contribution >= 4 is 23.1 Å². The number of hydrogen-bond acceptors (Lipinski definition) is 4. The second kappa shape index (κ2) is 6.82. The summed E-state index contributed by atoms with van der Waals surface area (Å²) in [5.41, 5.74) is 0.599. The second-order valence-corrected chi connectivity index (χ2v) is 4.87. The van der Waals surface area contributed by atoms with Crippen molar-refractivity contribution in [1.82, 2.24) is 10.2 Å². The molecular formula is C17H12F2N4O. The van der Waals surface area contributed by atoms with E-state index in [1.807, 2.05) is 0 Å². The van der Waals surface area contributed by atoms with E-state index >= 15 is 0 Å². The average Bonchev–Trinajstić information content (AvgIpc) is 2.57. The Hall–Kier alpha value is -3.35. The molecule has 3 aromatic rings. The van der Waals surface area contributed by atoms with Crippen molar-refractivity contribution in [2.45, 2.75) is 0 Å². The molecule has 0 saturated heterocycles. The van der Waals surface area contributed by atoms with E-state index in [1.54, 1.807) is 18.2 Å². The molecule has 2 aromatic carbocycles. The SMILES string of the molecule is O=C(Nc1ccccc1F)c1ccc(Nc2cccc(F)c2)nn1. The molecule has 5 nitrogen and oxygen atoms in total. The molecule has 3 rings (SSSR count). The van der Waals surface area contributed by atoms with Gasteiger partial charge in [0.2, 0.25) is 0 Å². The van der Waals surface area contributed by atoms with Gasteiger partial charge in [-0.25, -0.2) is 8.78 Å². The van der Waals surface area contributed by atoms with Crippen LogP contribution in [0.1, 0.15) is 10.5 Å². The molecule has 2 N–H and O–H groups in total. The summed E-state index contributed by atoms with van der Waals surface area (Å²) in [4.78, 5) is 12.0. The summed E-state index contributed by atoms with van der Waals surface area (Å²) in [6.07, 6.45) is 0. The van der Waals surface area contributed by atoms with Crippen molar-refractivity contribution in [1.29, 1.82) is 0 Å². The Morgan fingerprint density at radius 2 is 1.75 bits per heavy atom. The van der Waals surface area contributed by atoms with E-state index in [0.717, 1.165) is 0 Å². The number of nitrogens with zero attached hydrogens (tertiary/aromatic N) is 2. The van der Waals surface area contributed by atoms with Gasteiger partial charge < -0.3 is 10.6 Å². The minimum absolute atomic E-state index is 0.0306. The van der Waals surface area contributed by atoms with Gasteiger partial charge in [0.05, 0.1) is 5.69 Å². The number of amides is 1. The lowest BCUT2D eigenvalue weighted by atomic mass is 10.3. The van der Waals surface area contributed by atoms with Crippen molar-refractivity contribution in [3.63, 3.8) is 0 Å². The maximum absolute atomic E-state index is 13.5. The highest BCUT2D eigenvalue weighted by Crippen LogP contribution is 2.16. The maximum Gasteiger partial charge on any atom is 0.276 e. The molecule has 0 radical (unpaired) electrons. The van der Waals surface area contributed by atoms with Gasteiger partial charge in [-0.05, 0) is 42.5 Å². The first-order chi connectivity index (χ1) is 11.6. The number of hydrogen-bond donors (Lipinski definition) is 2. The third kappa shape index (κ3) is 3.70. The van der Waals surface area contributed by atoms with E-state index in [2.05, 4.69) is 20.8 Å². The minimum atomic E-state index is -0.579. The molecule has 0 unspecified atom stereocenters. The summed E-state index contributed by atoms with van der Waals surface area (Å²) in [5, 5.41) is 12.9. The molecule has 7 heteroatoms. The Labute approximate surface area is 136 Å². The lowest BCUT2D eigenvalue weighted by Gasteiger charge is -2.07. The second-order valence-electron chi connectivity index (χ2n) is 4.87. The van der Waals surface area contributed by atoms with Crippen LogP contribution < -0.4 is 10.6 Å². The van der Waals surface area contributed by atoms with Crippen LogP contribution in [0.5, 0.6) is 0 Å².